The van der Waals surface area contributed by atoms with Gasteiger partial charge in [-0.25, -0.2) is 0 Å². The van der Waals surface area contributed by atoms with E-state index >= 15 is 0 Å². The Balaban J connectivity index is 2.20. The third-order valence-corrected chi connectivity index (χ3v) is 3.06. The highest BCUT2D eigenvalue weighted by Crippen LogP contribution is 2.29. The molecule has 2 heterocycles. The van der Waals surface area contributed by atoms with Crippen LogP contribution in [-0.2, 0) is 0 Å². The van der Waals surface area contributed by atoms with Crippen molar-refractivity contribution < 1.29 is 0 Å². The van der Waals surface area contributed by atoms with E-state index in [1.54, 1.807) is 0 Å². The van der Waals surface area contributed by atoms with Crippen molar-refractivity contribution in [2.24, 2.45) is 0 Å². The lowest BCUT2D eigenvalue weighted by atomic mass is 9.89. The molecule has 0 saturated carbocycles. The number of pyridine rings is 2. The minimum absolute atomic E-state index is 0.385. The molecule has 0 N–H and O–H groups in total. The Labute approximate surface area is 96.4 Å². The van der Waals surface area contributed by atoms with Crippen LogP contribution in [0.3, 0.4) is 0 Å². The van der Waals surface area contributed by atoms with Crippen LogP contribution in [0.1, 0.15) is 37.1 Å². The van der Waals surface area contributed by atoms with E-state index in [0.29, 0.717) is 11.8 Å². The van der Waals surface area contributed by atoms with Gasteiger partial charge in [0.15, 0.2) is 0 Å². The van der Waals surface area contributed by atoms with E-state index < -0.39 is 0 Å². The van der Waals surface area contributed by atoms with Crippen molar-refractivity contribution in [1.29, 1.82) is 0 Å². The molecule has 0 saturated heterocycles. The Morgan fingerprint density at radius 1 is 0.750 bits per heavy atom. The first-order valence-electron chi connectivity index (χ1n) is 5.61. The first-order valence-corrected chi connectivity index (χ1v) is 5.61. The lowest BCUT2D eigenvalue weighted by Crippen LogP contribution is -2.07. The van der Waals surface area contributed by atoms with Gasteiger partial charge >= 0.3 is 0 Å². The van der Waals surface area contributed by atoms with Crippen molar-refractivity contribution in [3.8, 4) is 0 Å². The maximum Gasteiger partial charge on any atom is 0.0438 e. The van der Waals surface area contributed by atoms with Crippen molar-refractivity contribution in [2.45, 2.75) is 25.7 Å². The largest absolute Gasteiger partial charge is 0.261 e. The van der Waals surface area contributed by atoms with E-state index in [9.17, 15) is 0 Å². The van der Waals surface area contributed by atoms with Gasteiger partial charge in [-0.05, 0) is 24.3 Å². The maximum absolute atomic E-state index is 4.40. The minimum atomic E-state index is 0.385. The van der Waals surface area contributed by atoms with Gasteiger partial charge in [-0.2, -0.15) is 0 Å². The summed E-state index contributed by atoms with van der Waals surface area (Å²) >= 11 is 0. The lowest BCUT2D eigenvalue weighted by molar-refractivity contribution is 0.593. The summed E-state index contributed by atoms with van der Waals surface area (Å²) in [6.45, 7) is 4.39. The molecule has 0 bridgehead atoms. The lowest BCUT2D eigenvalue weighted by Gasteiger charge is -2.18. The first-order chi connectivity index (χ1) is 7.79. The van der Waals surface area contributed by atoms with Gasteiger partial charge in [-0.15, -0.1) is 0 Å². The van der Waals surface area contributed by atoms with Gasteiger partial charge in [0.2, 0.25) is 0 Å². The molecule has 0 spiro atoms. The molecule has 0 aliphatic rings. The predicted molar refractivity (Wildman–Crippen MR) is 65.3 cm³/mol. The fourth-order valence-corrected chi connectivity index (χ4v) is 1.80. The Morgan fingerprint density at radius 3 is 1.50 bits per heavy atom. The van der Waals surface area contributed by atoms with Crippen LogP contribution in [0.5, 0.6) is 0 Å². The standard InChI is InChI=1S/C14H16N2/c1-11(13-7-3-5-9-15-13)12(2)14-8-4-6-10-16-14/h3-12H,1-2H3. The zero-order valence-electron chi connectivity index (χ0n) is 9.67. The van der Waals surface area contributed by atoms with Crippen molar-refractivity contribution in [3.63, 3.8) is 0 Å². The van der Waals surface area contributed by atoms with Crippen LogP contribution in [-0.4, -0.2) is 9.97 Å². The van der Waals surface area contributed by atoms with Gasteiger partial charge in [0, 0.05) is 35.6 Å². The van der Waals surface area contributed by atoms with Crippen LogP contribution in [0, 0.1) is 0 Å². The molecule has 2 nitrogen and oxygen atoms in total. The average molecular weight is 212 g/mol. The molecular formula is C14H16N2. The second-order valence-electron chi connectivity index (χ2n) is 4.09. The summed E-state index contributed by atoms with van der Waals surface area (Å²) in [5.74, 6) is 0.771. The summed E-state index contributed by atoms with van der Waals surface area (Å²) in [5, 5.41) is 0. The summed E-state index contributed by atoms with van der Waals surface area (Å²) in [6.07, 6.45) is 3.69. The van der Waals surface area contributed by atoms with E-state index in [2.05, 4.69) is 35.9 Å². The second kappa shape index (κ2) is 4.88. The smallest absolute Gasteiger partial charge is 0.0438 e. The highest BCUT2D eigenvalue weighted by molar-refractivity contribution is 5.18. The van der Waals surface area contributed by atoms with Gasteiger partial charge in [0.05, 0.1) is 0 Å². The van der Waals surface area contributed by atoms with Crippen molar-refractivity contribution in [1.82, 2.24) is 9.97 Å². The fraction of sp³-hybridized carbons (Fsp3) is 0.286. The van der Waals surface area contributed by atoms with E-state index in [4.69, 9.17) is 0 Å². The zero-order valence-corrected chi connectivity index (χ0v) is 9.67. The quantitative estimate of drug-likeness (QED) is 0.779. The zero-order chi connectivity index (χ0) is 11.4. The van der Waals surface area contributed by atoms with Crippen LogP contribution in [0.15, 0.2) is 48.8 Å². The van der Waals surface area contributed by atoms with Crippen molar-refractivity contribution in [2.75, 3.05) is 0 Å². The van der Waals surface area contributed by atoms with Crippen molar-refractivity contribution >= 4 is 0 Å². The monoisotopic (exact) mass is 212 g/mol. The molecule has 0 amide bonds. The molecule has 2 atom stereocenters. The summed E-state index contributed by atoms with van der Waals surface area (Å²) in [4.78, 5) is 8.79. The van der Waals surface area contributed by atoms with E-state index in [1.165, 1.54) is 0 Å². The van der Waals surface area contributed by atoms with E-state index in [-0.39, 0.29) is 0 Å². The van der Waals surface area contributed by atoms with Gasteiger partial charge in [-0.3, -0.25) is 9.97 Å². The molecule has 2 heteroatoms. The van der Waals surface area contributed by atoms with Gasteiger partial charge in [0.25, 0.3) is 0 Å². The maximum atomic E-state index is 4.40. The molecule has 2 aromatic heterocycles. The van der Waals surface area contributed by atoms with Crippen LogP contribution in [0.2, 0.25) is 0 Å². The van der Waals surface area contributed by atoms with Gasteiger partial charge < -0.3 is 0 Å². The molecule has 82 valence electrons. The Morgan fingerprint density at radius 2 is 1.19 bits per heavy atom. The molecule has 0 fully saturated rings. The Kier molecular flexibility index (Phi) is 3.30. The molecule has 0 aliphatic carbocycles. The normalized spacial score (nSPS) is 14.4. The molecule has 0 aliphatic heterocycles. The van der Waals surface area contributed by atoms with E-state index in [1.807, 2.05) is 36.7 Å². The minimum Gasteiger partial charge on any atom is -0.261 e. The molecule has 2 unspecified atom stereocenters. The van der Waals surface area contributed by atoms with Crippen LogP contribution in [0.4, 0.5) is 0 Å². The van der Waals surface area contributed by atoms with Crippen LogP contribution < -0.4 is 0 Å². The molecule has 16 heavy (non-hydrogen) atoms. The summed E-state index contributed by atoms with van der Waals surface area (Å²) in [7, 11) is 0. The highest BCUT2D eigenvalue weighted by Gasteiger charge is 2.17. The Hall–Kier alpha value is -1.70. The van der Waals surface area contributed by atoms with E-state index in [0.717, 1.165) is 11.4 Å². The number of aromatic nitrogens is 2. The molecule has 2 rings (SSSR count). The first kappa shape index (κ1) is 10.8. The summed E-state index contributed by atoms with van der Waals surface area (Å²) in [6, 6.07) is 12.1. The third kappa shape index (κ3) is 2.27. The van der Waals surface area contributed by atoms with Gasteiger partial charge in [0.1, 0.15) is 0 Å². The number of hydrogen-bond acceptors (Lipinski definition) is 2. The van der Waals surface area contributed by atoms with Crippen LogP contribution in [0.25, 0.3) is 0 Å². The molecule has 0 radical (unpaired) electrons. The number of rotatable bonds is 3. The topological polar surface area (TPSA) is 25.8 Å². The molecule has 0 aromatic carbocycles. The Bertz CT molecular complexity index is 382. The SMILES string of the molecule is CC(c1ccccn1)C(C)c1ccccn1. The highest BCUT2D eigenvalue weighted by atomic mass is 14.7. The summed E-state index contributed by atoms with van der Waals surface area (Å²) < 4.78 is 0. The fourth-order valence-electron chi connectivity index (χ4n) is 1.80. The average Bonchev–Trinajstić information content (AvgIpc) is 2.39. The third-order valence-electron chi connectivity index (χ3n) is 3.06. The summed E-state index contributed by atoms with van der Waals surface area (Å²) in [5.41, 5.74) is 2.25. The second-order valence-corrected chi connectivity index (χ2v) is 4.09. The van der Waals surface area contributed by atoms with Crippen molar-refractivity contribution in [3.05, 3.63) is 60.2 Å². The molecule has 2 aromatic rings. The van der Waals surface area contributed by atoms with Gasteiger partial charge in [-0.1, -0.05) is 26.0 Å². The number of hydrogen-bond donors (Lipinski definition) is 0. The predicted octanol–water partition coefficient (Wildman–Crippen LogP) is 3.38. The van der Waals surface area contributed by atoms with Crippen LogP contribution >= 0.6 is 0 Å². The molecular weight excluding hydrogens is 196 g/mol. The number of nitrogens with zero attached hydrogens (tertiary/aromatic N) is 2.